The first kappa shape index (κ1) is 13.5. The standard InChI is InChI=1S/C11H13N3O4S/c1-12-19(17,18)5-4-14-7-13-9-3-2-8(11(15)16)6-10(9)14/h2-3,6-7,12H,4-5H2,1H3,(H,15,16). The number of carboxylic acids is 1. The van der Waals surface area contributed by atoms with E-state index in [4.69, 9.17) is 5.11 Å². The van der Waals surface area contributed by atoms with Crippen LogP contribution in [0.3, 0.4) is 0 Å². The molecule has 1 heterocycles. The average Bonchev–Trinajstić information content (AvgIpc) is 2.78. The van der Waals surface area contributed by atoms with Crippen LogP contribution in [-0.4, -0.2) is 41.8 Å². The van der Waals surface area contributed by atoms with E-state index in [2.05, 4.69) is 9.71 Å². The van der Waals surface area contributed by atoms with Gasteiger partial charge >= 0.3 is 5.97 Å². The number of aromatic carboxylic acids is 1. The zero-order valence-corrected chi connectivity index (χ0v) is 11.0. The highest BCUT2D eigenvalue weighted by Gasteiger charge is 2.11. The third-order valence-electron chi connectivity index (χ3n) is 2.78. The summed E-state index contributed by atoms with van der Waals surface area (Å²) < 4.78 is 26.6. The summed E-state index contributed by atoms with van der Waals surface area (Å²) >= 11 is 0. The van der Waals surface area contributed by atoms with Gasteiger partial charge in [-0.1, -0.05) is 0 Å². The Morgan fingerprint density at radius 1 is 1.47 bits per heavy atom. The molecular weight excluding hydrogens is 270 g/mol. The molecule has 0 fully saturated rings. The third kappa shape index (κ3) is 2.91. The van der Waals surface area contributed by atoms with E-state index in [9.17, 15) is 13.2 Å². The van der Waals surface area contributed by atoms with E-state index in [0.717, 1.165) is 0 Å². The number of carboxylic acid groups (broad SMARTS) is 1. The molecule has 0 radical (unpaired) electrons. The van der Waals surface area contributed by atoms with Crippen molar-refractivity contribution in [2.24, 2.45) is 0 Å². The number of rotatable bonds is 5. The maximum atomic E-state index is 11.4. The lowest BCUT2D eigenvalue weighted by atomic mass is 10.2. The monoisotopic (exact) mass is 283 g/mol. The van der Waals surface area contributed by atoms with E-state index >= 15 is 0 Å². The van der Waals surface area contributed by atoms with Crippen molar-refractivity contribution in [3.05, 3.63) is 30.1 Å². The van der Waals surface area contributed by atoms with Crippen LogP contribution in [0.4, 0.5) is 0 Å². The molecule has 7 nitrogen and oxygen atoms in total. The van der Waals surface area contributed by atoms with Gasteiger partial charge in [0.25, 0.3) is 0 Å². The summed E-state index contributed by atoms with van der Waals surface area (Å²) in [5.41, 5.74) is 1.38. The van der Waals surface area contributed by atoms with Crippen LogP contribution in [0.15, 0.2) is 24.5 Å². The van der Waals surface area contributed by atoms with Crippen LogP contribution >= 0.6 is 0 Å². The van der Waals surface area contributed by atoms with Gasteiger partial charge in [-0.3, -0.25) is 0 Å². The van der Waals surface area contributed by atoms with Gasteiger partial charge in [-0.05, 0) is 25.2 Å². The van der Waals surface area contributed by atoms with Crippen molar-refractivity contribution in [2.45, 2.75) is 6.54 Å². The van der Waals surface area contributed by atoms with Crippen LogP contribution in [-0.2, 0) is 16.6 Å². The predicted octanol–water partition coefficient (Wildman–Crippen LogP) is 0.284. The summed E-state index contributed by atoms with van der Waals surface area (Å²) in [5.74, 6) is -1.12. The van der Waals surface area contributed by atoms with E-state index in [1.807, 2.05) is 0 Å². The van der Waals surface area contributed by atoms with Gasteiger partial charge in [-0.15, -0.1) is 0 Å². The van der Waals surface area contributed by atoms with E-state index in [-0.39, 0.29) is 17.9 Å². The maximum absolute atomic E-state index is 11.4. The minimum absolute atomic E-state index is 0.0910. The zero-order valence-electron chi connectivity index (χ0n) is 10.2. The Kier molecular flexibility index (Phi) is 3.54. The lowest BCUT2D eigenvalue weighted by Crippen LogP contribution is -2.24. The third-order valence-corrected chi connectivity index (χ3v) is 4.12. The summed E-state index contributed by atoms with van der Waals surface area (Å²) in [5, 5.41) is 8.93. The normalized spacial score (nSPS) is 11.8. The van der Waals surface area contributed by atoms with Crippen molar-refractivity contribution in [1.29, 1.82) is 0 Å². The zero-order chi connectivity index (χ0) is 14.0. The lowest BCUT2D eigenvalue weighted by molar-refractivity contribution is 0.0697. The SMILES string of the molecule is CNS(=O)(=O)CCn1cnc2ccc(C(=O)O)cc21. The number of sulfonamides is 1. The van der Waals surface area contributed by atoms with Crippen LogP contribution in [0.5, 0.6) is 0 Å². The molecule has 0 aliphatic rings. The van der Waals surface area contributed by atoms with E-state index in [1.54, 1.807) is 10.6 Å². The Bertz CT molecular complexity index is 721. The van der Waals surface area contributed by atoms with Gasteiger partial charge in [0.15, 0.2) is 0 Å². The number of aromatic nitrogens is 2. The van der Waals surface area contributed by atoms with Crippen molar-refractivity contribution < 1.29 is 18.3 Å². The molecule has 0 saturated carbocycles. The van der Waals surface area contributed by atoms with Gasteiger partial charge < -0.3 is 9.67 Å². The van der Waals surface area contributed by atoms with Gasteiger partial charge in [0.2, 0.25) is 10.0 Å². The Morgan fingerprint density at radius 2 is 2.21 bits per heavy atom. The second-order valence-electron chi connectivity index (χ2n) is 3.97. The molecule has 19 heavy (non-hydrogen) atoms. The number of carbonyl (C=O) groups is 1. The summed E-state index contributed by atoms with van der Waals surface area (Å²) in [6, 6.07) is 4.55. The molecule has 2 rings (SSSR count). The molecule has 1 aromatic heterocycles. The molecule has 0 amide bonds. The Balaban J connectivity index is 2.33. The number of aryl methyl sites for hydroxylation is 1. The second-order valence-corrected chi connectivity index (χ2v) is 6.02. The fourth-order valence-corrected chi connectivity index (χ4v) is 2.33. The number of hydrogen-bond acceptors (Lipinski definition) is 4. The van der Waals surface area contributed by atoms with Gasteiger partial charge in [0.1, 0.15) is 0 Å². The first-order chi connectivity index (χ1) is 8.93. The molecule has 1 aromatic carbocycles. The van der Waals surface area contributed by atoms with Gasteiger partial charge in [0, 0.05) is 6.54 Å². The highest BCUT2D eigenvalue weighted by atomic mass is 32.2. The fraction of sp³-hybridized carbons (Fsp3) is 0.273. The van der Waals surface area contributed by atoms with Crippen LogP contribution in [0.1, 0.15) is 10.4 Å². The molecule has 2 N–H and O–H groups in total. The maximum Gasteiger partial charge on any atom is 0.335 e. The second kappa shape index (κ2) is 4.98. The summed E-state index contributed by atoms with van der Waals surface area (Å²) in [7, 11) is -1.95. The van der Waals surface area contributed by atoms with Gasteiger partial charge in [-0.2, -0.15) is 0 Å². The Labute approximate surface area is 109 Å². The topological polar surface area (TPSA) is 101 Å². The van der Waals surface area contributed by atoms with E-state index in [0.29, 0.717) is 11.0 Å². The molecule has 102 valence electrons. The van der Waals surface area contributed by atoms with Crippen LogP contribution in [0, 0.1) is 0 Å². The Hall–Kier alpha value is -1.93. The fourth-order valence-electron chi connectivity index (χ4n) is 1.69. The smallest absolute Gasteiger partial charge is 0.335 e. The molecular formula is C11H13N3O4S. The number of nitrogens with zero attached hydrogens (tertiary/aromatic N) is 2. The molecule has 8 heteroatoms. The molecule has 0 saturated heterocycles. The number of hydrogen-bond donors (Lipinski definition) is 2. The minimum atomic E-state index is -3.31. The van der Waals surface area contributed by atoms with Crippen molar-refractivity contribution in [1.82, 2.24) is 14.3 Å². The lowest BCUT2D eigenvalue weighted by Gasteiger charge is -2.05. The van der Waals surface area contributed by atoms with Gasteiger partial charge in [-0.25, -0.2) is 22.9 Å². The van der Waals surface area contributed by atoms with Crippen LogP contribution < -0.4 is 4.72 Å². The summed E-state index contributed by atoms with van der Waals surface area (Å²) in [6.07, 6.45) is 1.50. The summed E-state index contributed by atoms with van der Waals surface area (Å²) in [6.45, 7) is 0.211. The number of nitrogens with one attached hydrogen (secondary N) is 1. The van der Waals surface area contributed by atoms with Crippen molar-refractivity contribution in [3.8, 4) is 0 Å². The minimum Gasteiger partial charge on any atom is -0.478 e. The van der Waals surface area contributed by atoms with Crippen LogP contribution in [0.2, 0.25) is 0 Å². The molecule has 2 aromatic rings. The van der Waals surface area contributed by atoms with Crippen LogP contribution in [0.25, 0.3) is 11.0 Å². The first-order valence-electron chi connectivity index (χ1n) is 5.52. The number of fused-ring (bicyclic) bond motifs is 1. The average molecular weight is 283 g/mol. The Morgan fingerprint density at radius 3 is 2.84 bits per heavy atom. The van der Waals surface area contributed by atoms with Crippen molar-refractivity contribution >= 4 is 27.0 Å². The van der Waals surface area contributed by atoms with Gasteiger partial charge in [0.05, 0.1) is 28.7 Å². The number of imidazole rings is 1. The molecule has 0 atom stereocenters. The highest BCUT2D eigenvalue weighted by molar-refractivity contribution is 7.89. The number of benzene rings is 1. The van der Waals surface area contributed by atoms with Crippen molar-refractivity contribution in [3.63, 3.8) is 0 Å². The molecule has 0 aliphatic carbocycles. The molecule has 0 unspecified atom stereocenters. The molecule has 0 aliphatic heterocycles. The molecule has 0 bridgehead atoms. The quantitative estimate of drug-likeness (QED) is 0.821. The summed E-state index contributed by atoms with van der Waals surface area (Å²) in [4.78, 5) is 15.0. The molecule has 0 spiro atoms. The predicted molar refractivity (Wildman–Crippen MR) is 69.5 cm³/mol. The van der Waals surface area contributed by atoms with E-state index < -0.39 is 16.0 Å². The largest absolute Gasteiger partial charge is 0.478 e. The first-order valence-corrected chi connectivity index (χ1v) is 7.17. The highest BCUT2D eigenvalue weighted by Crippen LogP contribution is 2.15. The van der Waals surface area contributed by atoms with Crippen molar-refractivity contribution in [2.75, 3.05) is 12.8 Å². The van der Waals surface area contributed by atoms with E-state index in [1.165, 1.54) is 25.5 Å².